The fourth-order valence-electron chi connectivity index (χ4n) is 1.74. The zero-order chi connectivity index (χ0) is 16.6. The van der Waals surface area contributed by atoms with Crippen LogP contribution in [0.3, 0.4) is 0 Å². The van der Waals surface area contributed by atoms with Crippen LogP contribution in [-0.4, -0.2) is 37.9 Å². The highest BCUT2D eigenvalue weighted by atomic mass is 32.1. The molecule has 0 aliphatic rings. The van der Waals surface area contributed by atoms with E-state index in [1.165, 1.54) is 7.11 Å². The molecule has 6 nitrogen and oxygen atoms in total. The van der Waals surface area contributed by atoms with Gasteiger partial charge in [-0.05, 0) is 32.2 Å². The van der Waals surface area contributed by atoms with E-state index in [-0.39, 0.29) is 18.4 Å². The number of rotatable bonds is 7. The van der Waals surface area contributed by atoms with Crippen molar-refractivity contribution < 1.29 is 19.1 Å². The van der Waals surface area contributed by atoms with E-state index in [0.717, 1.165) is 4.88 Å². The van der Waals surface area contributed by atoms with Crippen LogP contribution in [0.1, 0.15) is 38.1 Å². The molecular weight excluding hydrogens is 304 g/mol. The van der Waals surface area contributed by atoms with Crippen molar-refractivity contribution in [2.75, 3.05) is 20.2 Å². The first kappa shape index (κ1) is 18.4. The SMILES string of the molecule is COC(=O)CC(NCCNC(=O)OC(C)(C)C)c1cccs1. The minimum absolute atomic E-state index is 0.118. The molecule has 2 N–H and O–H groups in total. The summed E-state index contributed by atoms with van der Waals surface area (Å²) < 4.78 is 9.86. The Hall–Kier alpha value is -1.60. The fraction of sp³-hybridized carbons (Fsp3) is 0.600. The van der Waals surface area contributed by atoms with E-state index in [0.29, 0.717) is 13.1 Å². The molecule has 1 rings (SSSR count). The highest BCUT2D eigenvalue weighted by Gasteiger charge is 2.18. The summed E-state index contributed by atoms with van der Waals surface area (Å²) in [5.41, 5.74) is -0.512. The maximum atomic E-state index is 11.5. The Kier molecular flexibility index (Phi) is 7.34. The maximum Gasteiger partial charge on any atom is 0.407 e. The van der Waals surface area contributed by atoms with Crippen LogP contribution in [0.5, 0.6) is 0 Å². The average molecular weight is 328 g/mol. The largest absolute Gasteiger partial charge is 0.469 e. The van der Waals surface area contributed by atoms with E-state index >= 15 is 0 Å². The number of carbonyl (C=O) groups is 2. The second-order valence-corrected chi connectivity index (χ2v) is 6.71. The molecule has 124 valence electrons. The lowest BCUT2D eigenvalue weighted by Gasteiger charge is -2.20. The molecule has 0 aliphatic carbocycles. The second-order valence-electron chi connectivity index (χ2n) is 5.73. The number of thiophene rings is 1. The first-order valence-electron chi connectivity index (χ1n) is 7.12. The molecule has 22 heavy (non-hydrogen) atoms. The summed E-state index contributed by atoms with van der Waals surface area (Å²) in [4.78, 5) is 24.0. The lowest BCUT2D eigenvalue weighted by atomic mass is 10.1. The van der Waals surface area contributed by atoms with Gasteiger partial charge in [0.05, 0.1) is 19.6 Å². The van der Waals surface area contributed by atoms with Crippen LogP contribution in [-0.2, 0) is 14.3 Å². The number of carbonyl (C=O) groups excluding carboxylic acids is 2. The van der Waals surface area contributed by atoms with E-state index < -0.39 is 11.7 Å². The molecule has 0 spiro atoms. The average Bonchev–Trinajstić information content (AvgIpc) is 2.93. The maximum absolute atomic E-state index is 11.5. The molecule has 0 aliphatic heterocycles. The van der Waals surface area contributed by atoms with Crippen LogP contribution in [0, 0.1) is 0 Å². The number of hydrogen-bond donors (Lipinski definition) is 2. The predicted molar refractivity (Wildman–Crippen MR) is 85.9 cm³/mol. The van der Waals surface area contributed by atoms with Gasteiger partial charge in [-0.1, -0.05) is 6.07 Å². The highest BCUT2D eigenvalue weighted by molar-refractivity contribution is 7.10. The summed E-state index contributed by atoms with van der Waals surface area (Å²) in [6.07, 6.45) is -0.196. The summed E-state index contributed by atoms with van der Waals surface area (Å²) in [5.74, 6) is -0.272. The Bertz CT molecular complexity index is 468. The first-order chi connectivity index (χ1) is 10.3. The summed E-state index contributed by atoms with van der Waals surface area (Å²) in [5, 5.41) is 7.87. The van der Waals surface area contributed by atoms with E-state index in [2.05, 4.69) is 10.6 Å². The van der Waals surface area contributed by atoms with E-state index in [9.17, 15) is 9.59 Å². The van der Waals surface area contributed by atoms with Gasteiger partial charge in [0.2, 0.25) is 0 Å². The van der Waals surface area contributed by atoms with Gasteiger partial charge in [-0.15, -0.1) is 11.3 Å². The minimum Gasteiger partial charge on any atom is -0.469 e. The lowest BCUT2D eigenvalue weighted by molar-refractivity contribution is -0.141. The van der Waals surface area contributed by atoms with E-state index in [4.69, 9.17) is 9.47 Å². The standard InChI is InChI=1S/C15H24N2O4S/c1-15(2,3)21-14(19)17-8-7-16-11(10-13(18)20-4)12-6-5-9-22-12/h5-6,9,11,16H,7-8,10H2,1-4H3,(H,17,19). The van der Waals surface area contributed by atoms with Gasteiger partial charge in [0.15, 0.2) is 0 Å². The molecule has 0 aromatic carbocycles. The Balaban J connectivity index is 2.38. The summed E-state index contributed by atoms with van der Waals surface area (Å²) in [7, 11) is 1.37. The Labute approximate surface area is 135 Å². The highest BCUT2D eigenvalue weighted by Crippen LogP contribution is 2.22. The molecule has 1 amide bonds. The molecule has 0 radical (unpaired) electrons. The Morgan fingerprint density at radius 1 is 1.32 bits per heavy atom. The zero-order valence-corrected chi connectivity index (χ0v) is 14.3. The van der Waals surface area contributed by atoms with Gasteiger partial charge in [-0.3, -0.25) is 4.79 Å². The van der Waals surface area contributed by atoms with Crippen LogP contribution >= 0.6 is 11.3 Å². The summed E-state index contributed by atoms with van der Waals surface area (Å²) in [6.45, 7) is 6.38. The lowest BCUT2D eigenvalue weighted by Crippen LogP contribution is -2.37. The summed E-state index contributed by atoms with van der Waals surface area (Å²) in [6, 6.07) is 3.78. The number of esters is 1. The molecule has 1 aromatic heterocycles. The van der Waals surface area contributed by atoms with Gasteiger partial charge in [-0.2, -0.15) is 0 Å². The second kappa shape index (κ2) is 8.75. The molecule has 1 atom stereocenters. The van der Waals surface area contributed by atoms with Gasteiger partial charge in [0.1, 0.15) is 5.60 Å². The molecule has 1 unspecified atom stereocenters. The van der Waals surface area contributed by atoms with Crippen LogP contribution in [0.2, 0.25) is 0 Å². The van der Waals surface area contributed by atoms with Gasteiger partial charge in [-0.25, -0.2) is 4.79 Å². The van der Waals surface area contributed by atoms with Gasteiger partial charge in [0, 0.05) is 18.0 Å². The van der Waals surface area contributed by atoms with Crippen molar-refractivity contribution in [1.82, 2.24) is 10.6 Å². The first-order valence-corrected chi connectivity index (χ1v) is 8.00. The predicted octanol–water partition coefficient (Wildman–Crippen LogP) is 2.47. The van der Waals surface area contributed by atoms with Crippen molar-refractivity contribution >= 4 is 23.4 Å². The number of hydrogen-bond acceptors (Lipinski definition) is 6. The third kappa shape index (κ3) is 7.42. The van der Waals surface area contributed by atoms with Crippen LogP contribution < -0.4 is 10.6 Å². The van der Waals surface area contributed by atoms with Crippen molar-refractivity contribution in [3.8, 4) is 0 Å². The molecule has 1 heterocycles. The topological polar surface area (TPSA) is 76.7 Å². The van der Waals surface area contributed by atoms with Crippen LogP contribution in [0.4, 0.5) is 4.79 Å². The van der Waals surface area contributed by atoms with Crippen molar-refractivity contribution in [2.45, 2.75) is 38.8 Å². The number of methoxy groups -OCH3 is 1. The van der Waals surface area contributed by atoms with Crippen molar-refractivity contribution in [2.24, 2.45) is 0 Å². The van der Waals surface area contributed by atoms with E-state index in [1.54, 1.807) is 11.3 Å². The third-order valence-electron chi connectivity index (χ3n) is 2.67. The van der Waals surface area contributed by atoms with Gasteiger partial charge >= 0.3 is 12.1 Å². The van der Waals surface area contributed by atoms with Crippen molar-refractivity contribution in [3.63, 3.8) is 0 Å². The molecule has 0 saturated heterocycles. The quantitative estimate of drug-likeness (QED) is 0.594. The van der Waals surface area contributed by atoms with E-state index in [1.807, 2.05) is 38.3 Å². The fourth-order valence-corrected chi connectivity index (χ4v) is 2.54. The number of alkyl carbamates (subject to hydrolysis) is 1. The Morgan fingerprint density at radius 2 is 2.05 bits per heavy atom. The third-order valence-corrected chi connectivity index (χ3v) is 3.66. The van der Waals surface area contributed by atoms with Crippen LogP contribution in [0.15, 0.2) is 17.5 Å². The normalized spacial score (nSPS) is 12.5. The molecular formula is C15H24N2O4S. The molecule has 0 bridgehead atoms. The molecule has 0 saturated carbocycles. The monoisotopic (exact) mass is 328 g/mol. The summed E-state index contributed by atoms with van der Waals surface area (Å²) >= 11 is 1.57. The minimum atomic E-state index is -0.512. The Morgan fingerprint density at radius 3 is 2.59 bits per heavy atom. The smallest absolute Gasteiger partial charge is 0.407 e. The van der Waals surface area contributed by atoms with Crippen molar-refractivity contribution in [3.05, 3.63) is 22.4 Å². The number of nitrogens with one attached hydrogen (secondary N) is 2. The van der Waals surface area contributed by atoms with Gasteiger partial charge < -0.3 is 20.1 Å². The number of amides is 1. The zero-order valence-electron chi connectivity index (χ0n) is 13.5. The van der Waals surface area contributed by atoms with Crippen LogP contribution in [0.25, 0.3) is 0 Å². The molecule has 7 heteroatoms. The van der Waals surface area contributed by atoms with Crippen molar-refractivity contribution in [1.29, 1.82) is 0 Å². The van der Waals surface area contributed by atoms with Gasteiger partial charge in [0.25, 0.3) is 0 Å². The molecule has 1 aromatic rings. The molecule has 0 fully saturated rings. The number of ether oxygens (including phenoxy) is 2.